The third kappa shape index (κ3) is 6.88. The summed E-state index contributed by atoms with van der Waals surface area (Å²) in [5, 5.41) is 19.3. The van der Waals surface area contributed by atoms with Crippen molar-refractivity contribution < 1.29 is 0 Å². The van der Waals surface area contributed by atoms with E-state index in [0.717, 1.165) is 106 Å². The maximum absolute atomic E-state index is 12.1. The molecule has 0 saturated heterocycles. The zero-order chi connectivity index (χ0) is 51.0. The van der Waals surface area contributed by atoms with E-state index >= 15 is 0 Å². The van der Waals surface area contributed by atoms with Crippen LogP contribution in [0.25, 0.3) is 138 Å². The van der Waals surface area contributed by atoms with Crippen LogP contribution in [0.1, 0.15) is 5.56 Å². The Kier molecular flexibility index (Phi) is 10.2. The Balaban J connectivity index is 1.02. The molecule has 0 spiro atoms. The number of para-hydroxylation sites is 6. The molecular weight excluding hydrogens is 937 g/mol. The first-order chi connectivity index (χ1) is 38.2. The van der Waals surface area contributed by atoms with E-state index in [-0.39, 0.29) is 0 Å². The minimum absolute atomic E-state index is 0.574. The van der Waals surface area contributed by atoms with Crippen molar-refractivity contribution in [3.8, 4) is 78.8 Å². The average molecular weight is 981 g/mol. The van der Waals surface area contributed by atoms with E-state index < -0.39 is 0 Å². The van der Waals surface area contributed by atoms with Crippen molar-refractivity contribution in [1.29, 1.82) is 5.26 Å². The number of hydrogen-bond donors (Lipinski definition) is 0. The van der Waals surface area contributed by atoms with Crippen LogP contribution >= 0.6 is 0 Å². The van der Waals surface area contributed by atoms with Crippen molar-refractivity contribution in [2.75, 3.05) is 0 Å². The minimum atomic E-state index is 0.574. The molecule has 0 atom stereocenters. The maximum Gasteiger partial charge on any atom is 0.100 e. The normalized spacial score (nSPS) is 11.6. The zero-order valence-corrected chi connectivity index (χ0v) is 41.6. The molecule has 6 heteroatoms. The Morgan fingerprint density at radius 1 is 0.247 bits per heavy atom. The lowest BCUT2D eigenvalue weighted by Crippen LogP contribution is -2.03. The van der Waals surface area contributed by atoms with Gasteiger partial charge >= 0.3 is 0 Å². The number of pyridine rings is 2. The molecule has 0 fully saturated rings. The van der Waals surface area contributed by atoms with Gasteiger partial charge in [-0.15, -0.1) is 0 Å². The lowest BCUT2D eigenvalue weighted by molar-refractivity contribution is 1.18. The highest BCUT2D eigenvalue weighted by atomic mass is 15.0. The second-order valence-electron chi connectivity index (χ2n) is 19.6. The summed E-state index contributed by atoms with van der Waals surface area (Å²) in [6, 6.07) is 89.2. The Hall–Kier alpha value is -10.6. The monoisotopic (exact) mass is 980 g/mol. The summed E-state index contributed by atoms with van der Waals surface area (Å²) in [5.41, 5.74) is 19.8. The van der Waals surface area contributed by atoms with Crippen LogP contribution in [0.5, 0.6) is 0 Å². The van der Waals surface area contributed by atoms with Gasteiger partial charge in [0.2, 0.25) is 0 Å². The predicted octanol–water partition coefficient (Wildman–Crippen LogP) is 18.0. The Labute approximate surface area is 443 Å². The molecule has 0 radical (unpaired) electrons. The highest BCUT2D eigenvalue weighted by Gasteiger charge is 2.29. The summed E-state index contributed by atoms with van der Waals surface area (Å²) in [7, 11) is 0. The van der Waals surface area contributed by atoms with Crippen LogP contribution in [-0.2, 0) is 0 Å². The van der Waals surface area contributed by atoms with E-state index in [1.165, 1.54) is 32.3 Å². The van der Waals surface area contributed by atoms with Gasteiger partial charge in [-0.25, -0.2) is 0 Å². The SMILES string of the molecule is N#Cc1c(-c2ccc(-n3c4ccccc4c4ccccc43)cc2)c(-c2ccncc2)c(-c2ccncc2)c(-c2ccc(-n3c4ccccc4c4ccccc43)cc2)c1-c1ccc(-n2c3ccccc3c3ccccc32)cc1. The van der Waals surface area contributed by atoms with Crippen molar-refractivity contribution in [2.24, 2.45) is 0 Å². The third-order valence-corrected chi connectivity index (χ3v) is 15.5. The highest BCUT2D eigenvalue weighted by Crippen LogP contribution is 2.53. The molecule has 0 bridgehead atoms. The number of nitrogens with zero attached hydrogens (tertiary/aromatic N) is 6. The van der Waals surface area contributed by atoms with Crippen LogP contribution in [-0.4, -0.2) is 23.7 Å². The quantitative estimate of drug-likeness (QED) is 0.152. The topological polar surface area (TPSA) is 64.4 Å². The summed E-state index contributed by atoms with van der Waals surface area (Å²) in [5.74, 6) is 0. The van der Waals surface area contributed by atoms with Gasteiger partial charge in [0.25, 0.3) is 0 Å². The average Bonchev–Trinajstić information content (AvgIpc) is 4.23. The first kappa shape index (κ1) is 43.9. The van der Waals surface area contributed by atoms with Gasteiger partial charge in [0, 0.05) is 85.3 Å². The van der Waals surface area contributed by atoms with Crippen molar-refractivity contribution >= 4 is 65.4 Å². The van der Waals surface area contributed by atoms with E-state index in [1.807, 2.05) is 24.8 Å². The molecule has 5 aromatic heterocycles. The number of nitriles is 1. The van der Waals surface area contributed by atoms with Gasteiger partial charge in [0.15, 0.2) is 0 Å². The number of aromatic nitrogens is 5. The lowest BCUT2D eigenvalue weighted by Gasteiger charge is -2.26. The number of rotatable bonds is 8. The molecule has 15 aromatic rings. The molecule has 77 heavy (non-hydrogen) atoms. The molecule has 0 aliphatic rings. The Bertz CT molecular complexity index is 4670. The molecule has 0 N–H and O–H groups in total. The van der Waals surface area contributed by atoms with E-state index in [1.54, 1.807) is 0 Å². The molecule has 15 rings (SSSR count). The fraction of sp³-hybridized carbons (Fsp3) is 0. The fourth-order valence-corrected chi connectivity index (χ4v) is 12.3. The molecule has 0 amide bonds. The van der Waals surface area contributed by atoms with Crippen molar-refractivity contribution in [3.05, 3.63) is 273 Å². The molecule has 0 aliphatic carbocycles. The minimum Gasteiger partial charge on any atom is -0.309 e. The smallest absolute Gasteiger partial charge is 0.100 e. The van der Waals surface area contributed by atoms with Crippen molar-refractivity contribution in [2.45, 2.75) is 0 Å². The van der Waals surface area contributed by atoms with Gasteiger partial charge in [-0.3, -0.25) is 9.97 Å². The molecule has 0 aliphatic heterocycles. The summed E-state index contributed by atoms with van der Waals surface area (Å²) in [4.78, 5) is 9.06. The summed E-state index contributed by atoms with van der Waals surface area (Å²) in [6.07, 6.45) is 7.40. The van der Waals surface area contributed by atoms with Crippen molar-refractivity contribution in [1.82, 2.24) is 23.7 Å². The number of benzene rings is 10. The first-order valence-corrected chi connectivity index (χ1v) is 25.9. The van der Waals surface area contributed by atoms with Crippen LogP contribution in [0, 0.1) is 11.3 Å². The Morgan fingerprint density at radius 2 is 0.468 bits per heavy atom. The highest BCUT2D eigenvalue weighted by molar-refractivity contribution is 6.13. The molecule has 0 saturated carbocycles. The summed E-state index contributed by atoms with van der Waals surface area (Å²) < 4.78 is 7.02. The van der Waals surface area contributed by atoms with E-state index in [0.29, 0.717) is 5.56 Å². The first-order valence-electron chi connectivity index (χ1n) is 25.9. The van der Waals surface area contributed by atoms with Crippen LogP contribution in [0.4, 0.5) is 0 Å². The van der Waals surface area contributed by atoms with Crippen molar-refractivity contribution in [3.63, 3.8) is 0 Å². The largest absolute Gasteiger partial charge is 0.309 e. The van der Waals surface area contributed by atoms with Gasteiger partial charge in [-0.1, -0.05) is 146 Å². The molecule has 5 heterocycles. The van der Waals surface area contributed by atoms with E-state index in [9.17, 15) is 5.26 Å². The van der Waals surface area contributed by atoms with Crippen LogP contribution in [0.2, 0.25) is 0 Å². The molecule has 0 unspecified atom stereocenters. The van der Waals surface area contributed by atoms with E-state index in [2.05, 4.69) is 272 Å². The molecular formula is C71H44N6. The summed E-state index contributed by atoms with van der Waals surface area (Å²) in [6.45, 7) is 0. The van der Waals surface area contributed by atoms with Gasteiger partial charge < -0.3 is 13.7 Å². The predicted molar refractivity (Wildman–Crippen MR) is 317 cm³/mol. The zero-order valence-electron chi connectivity index (χ0n) is 41.6. The molecule has 10 aromatic carbocycles. The second kappa shape index (κ2) is 17.8. The maximum atomic E-state index is 12.1. The van der Waals surface area contributed by atoms with Crippen LogP contribution < -0.4 is 0 Å². The van der Waals surface area contributed by atoms with Gasteiger partial charge in [-0.2, -0.15) is 5.26 Å². The summed E-state index contributed by atoms with van der Waals surface area (Å²) >= 11 is 0. The van der Waals surface area contributed by atoms with Gasteiger partial charge in [0.1, 0.15) is 6.07 Å². The second-order valence-corrected chi connectivity index (χ2v) is 19.6. The van der Waals surface area contributed by atoms with Gasteiger partial charge in [-0.05, 0) is 142 Å². The van der Waals surface area contributed by atoms with Crippen LogP contribution in [0.3, 0.4) is 0 Å². The number of hydrogen-bond acceptors (Lipinski definition) is 3. The van der Waals surface area contributed by atoms with E-state index in [4.69, 9.17) is 0 Å². The molecule has 6 nitrogen and oxygen atoms in total. The number of fused-ring (bicyclic) bond motifs is 9. The third-order valence-electron chi connectivity index (χ3n) is 15.5. The van der Waals surface area contributed by atoms with Crippen LogP contribution in [0.15, 0.2) is 267 Å². The standard InChI is InChI=1S/C71H44N6/c72-45-60-67(46-25-31-51(32-26-46)75-61-19-7-1-13-54(61)55-14-2-8-20-62(55)75)69(48-29-35-53(36-30-48)77-65-23-11-5-17-58(65)59-18-6-12-24-66(59)77)71(50-39-43-74-44-40-50)70(49-37-41-73-42-38-49)68(60)47-27-33-52(34-28-47)76-63-21-9-3-15-56(63)57-16-4-10-22-64(57)76/h1-44H. The molecule has 358 valence electrons. The lowest BCUT2D eigenvalue weighted by atomic mass is 9.76. The van der Waals surface area contributed by atoms with Gasteiger partial charge in [0.05, 0.1) is 38.7 Å². The Morgan fingerprint density at radius 3 is 0.727 bits per heavy atom. The fourth-order valence-electron chi connectivity index (χ4n) is 12.3.